The molecule has 0 bridgehead atoms. The van der Waals surface area contributed by atoms with Gasteiger partial charge in [-0.25, -0.2) is 0 Å². The lowest BCUT2D eigenvalue weighted by Gasteiger charge is -2.38. The Balaban J connectivity index is 1.45. The van der Waals surface area contributed by atoms with Gasteiger partial charge in [0.05, 0.1) is 0 Å². The van der Waals surface area contributed by atoms with E-state index in [0.717, 1.165) is 31.5 Å². The fraction of sp³-hybridized carbons (Fsp3) is 0.632. The van der Waals surface area contributed by atoms with Crippen molar-refractivity contribution in [3.8, 4) is 0 Å². The van der Waals surface area contributed by atoms with Crippen molar-refractivity contribution in [2.24, 2.45) is 10.9 Å². The molecule has 1 saturated heterocycles. The minimum Gasteiger partial charge on any atom is -0.356 e. The zero-order valence-corrected chi connectivity index (χ0v) is 14.5. The number of rotatable bonds is 5. The standard InChI is InChI=1S/C19H30N4/c1-15-12-18(22-19(20-2)21-13-16-8-9-16)10-11-23(15)14-17-6-4-3-5-7-17/h3-7,15-16,18H,8-14H2,1-2H3,(H2,20,21,22). The molecule has 0 spiro atoms. The molecule has 3 rings (SSSR count). The second-order valence-electron chi connectivity index (χ2n) is 7.07. The minimum absolute atomic E-state index is 0.530. The van der Waals surface area contributed by atoms with Crippen molar-refractivity contribution in [2.75, 3.05) is 20.1 Å². The molecule has 2 atom stereocenters. The zero-order valence-electron chi connectivity index (χ0n) is 14.5. The number of benzene rings is 1. The number of guanidine groups is 1. The SMILES string of the molecule is CN=C(NCC1CC1)NC1CCN(Cc2ccccc2)C(C)C1. The molecule has 2 N–H and O–H groups in total. The van der Waals surface area contributed by atoms with E-state index >= 15 is 0 Å². The quantitative estimate of drug-likeness (QED) is 0.648. The van der Waals surface area contributed by atoms with Crippen LogP contribution in [0.1, 0.15) is 38.2 Å². The molecular weight excluding hydrogens is 284 g/mol. The van der Waals surface area contributed by atoms with Gasteiger partial charge < -0.3 is 10.6 Å². The van der Waals surface area contributed by atoms with Gasteiger partial charge in [0.1, 0.15) is 0 Å². The summed E-state index contributed by atoms with van der Waals surface area (Å²) in [5.41, 5.74) is 1.41. The lowest BCUT2D eigenvalue weighted by atomic mass is 9.97. The Labute approximate surface area is 140 Å². The molecule has 1 aliphatic carbocycles. The predicted molar refractivity (Wildman–Crippen MR) is 96.6 cm³/mol. The number of likely N-dealkylation sites (tertiary alicyclic amines) is 1. The van der Waals surface area contributed by atoms with Gasteiger partial charge in [-0.3, -0.25) is 9.89 Å². The summed E-state index contributed by atoms with van der Waals surface area (Å²) >= 11 is 0. The highest BCUT2D eigenvalue weighted by Gasteiger charge is 2.26. The van der Waals surface area contributed by atoms with Crippen molar-refractivity contribution in [3.63, 3.8) is 0 Å². The van der Waals surface area contributed by atoms with E-state index in [1.54, 1.807) is 0 Å². The van der Waals surface area contributed by atoms with Crippen LogP contribution in [0, 0.1) is 5.92 Å². The van der Waals surface area contributed by atoms with Crippen LogP contribution in [0.2, 0.25) is 0 Å². The average molecular weight is 314 g/mol. The van der Waals surface area contributed by atoms with E-state index < -0.39 is 0 Å². The largest absolute Gasteiger partial charge is 0.356 e. The molecule has 23 heavy (non-hydrogen) atoms. The zero-order chi connectivity index (χ0) is 16.1. The maximum absolute atomic E-state index is 4.37. The molecule has 0 aromatic heterocycles. The highest BCUT2D eigenvalue weighted by atomic mass is 15.2. The van der Waals surface area contributed by atoms with Crippen LogP contribution >= 0.6 is 0 Å². The van der Waals surface area contributed by atoms with Crippen LogP contribution in [-0.4, -0.2) is 43.1 Å². The Morgan fingerprint density at radius 1 is 1.22 bits per heavy atom. The molecule has 1 heterocycles. The third kappa shape index (κ3) is 4.96. The van der Waals surface area contributed by atoms with E-state index in [2.05, 4.69) is 57.8 Å². The molecule has 4 heteroatoms. The van der Waals surface area contributed by atoms with E-state index in [9.17, 15) is 0 Å². The summed E-state index contributed by atoms with van der Waals surface area (Å²) in [4.78, 5) is 6.97. The van der Waals surface area contributed by atoms with Crippen molar-refractivity contribution >= 4 is 5.96 Å². The normalized spacial score (nSPS) is 26.1. The summed E-state index contributed by atoms with van der Waals surface area (Å²) < 4.78 is 0. The highest BCUT2D eigenvalue weighted by Crippen LogP contribution is 2.27. The molecular formula is C19H30N4. The number of aliphatic imine (C=N–C) groups is 1. The number of nitrogens with zero attached hydrogens (tertiary/aromatic N) is 2. The van der Waals surface area contributed by atoms with E-state index in [4.69, 9.17) is 0 Å². The summed E-state index contributed by atoms with van der Waals surface area (Å²) in [5.74, 6) is 1.85. The van der Waals surface area contributed by atoms with Crippen molar-refractivity contribution < 1.29 is 0 Å². The summed E-state index contributed by atoms with van der Waals surface area (Å²) in [6, 6.07) is 11.9. The molecule has 0 radical (unpaired) electrons. The van der Waals surface area contributed by atoms with Crippen LogP contribution in [-0.2, 0) is 6.54 Å². The number of nitrogens with one attached hydrogen (secondary N) is 2. The third-order valence-corrected chi connectivity index (χ3v) is 5.06. The molecule has 4 nitrogen and oxygen atoms in total. The molecule has 2 unspecified atom stereocenters. The third-order valence-electron chi connectivity index (χ3n) is 5.06. The average Bonchev–Trinajstić information content (AvgIpc) is 3.39. The summed E-state index contributed by atoms with van der Waals surface area (Å²) in [7, 11) is 1.87. The molecule has 2 aliphatic rings. The van der Waals surface area contributed by atoms with Gasteiger partial charge in [-0.1, -0.05) is 30.3 Å². The minimum atomic E-state index is 0.530. The summed E-state index contributed by atoms with van der Waals surface area (Å²) in [6.45, 7) is 5.62. The fourth-order valence-corrected chi connectivity index (χ4v) is 3.36. The van der Waals surface area contributed by atoms with Crippen molar-refractivity contribution in [1.82, 2.24) is 15.5 Å². The smallest absolute Gasteiger partial charge is 0.191 e. The lowest BCUT2D eigenvalue weighted by molar-refractivity contribution is 0.134. The highest BCUT2D eigenvalue weighted by molar-refractivity contribution is 5.80. The summed E-state index contributed by atoms with van der Waals surface area (Å²) in [6.07, 6.45) is 5.11. The van der Waals surface area contributed by atoms with E-state index in [0.29, 0.717) is 12.1 Å². The molecule has 2 fully saturated rings. The summed E-state index contributed by atoms with van der Waals surface area (Å²) in [5, 5.41) is 7.09. The molecule has 1 saturated carbocycles. The van der Waals surface area contributed by atoms with Crippen molar-refractivity contribution in [3.05, 3.63) is 35.9 Å². The monoisotopic (exact) mass is 314 g/mol. The van der Waals surface area contributed by atoms with Crippen LogP contribution in [0.5, 0.6) is 0 Å². The Bertz CT molecular complexity index is 509. The van der Waals surface area contributed by atoms with Gasteiger partial charge in [0.15, 0.2) is 5.96 Å². The second kappa shape index (κ2) is 7.82. The first-order chi connectivity index (χ1) is 11.2. The van der Waals surface area contributed by atoms with Crippen molar-refractivity contribution in [1.29, 1.82) is 0 Å². The Morgan fingerprint density at radius 2 is 2.00 bits per heavy atom. The lowest BCUT2D eigenvalue weighted by Crippen LogP contribution is -2.51. The number of hydrogen-bond donors (Lipinski definition) is 2. The molecule has 1 aromatic carbocycles. The Hall–Kier alpha value is -1.55. The molecule has 0 amide bonds. The van der Waals surface area contributed by atoms with Gasteiger partial charge in [0.2, 0.25) is 0 Å². The molecule has 1 aliphatic heterocycles. The van der Waals surface area contributed by atoms with E-state index in [1.165, 1.54) is 31.2 Å². The van der Waals surface area contributed by atoms with Gasteiger partial charge in [-0.05, 0) is 44.1 Å². The first-order valence-corrected chi connectivity index (χ1v) is 8.99. The van der Waals surface area contributed by atoms with Crippen LogP contribution in [0.3, 0.4) is 0 Å². The number of hydrogen-bond acceptors (Lipinski definition) is 2. The van der Waals surface area contributed by atoms with Crippen molar-refractivity contribution in [2.45, 2.75) is 51.2 Å². The van der Waals surface area contributed by atoms with Crippen LogP contribution < -0.4 is 10.6 Å². The predicted octanol–water partition coefficient (Wildman–Crippen LogP) is 2.61. The van der Waals surface area contributed by atoms with Gasteiger partial charge in [-0.2, -0.15) is 0 Å². The maximum Gasteiger partial charge on any atom is 0.191 e. The second-order valence-corrected chi connectivity index (χ2v) is 7.07. The Kier molecular flexibility index (Phi) is 5.55. The molecule has 1 aromatic rings. The van der Waals surface area contributed by atoms with Crippen LogP contribution in [0.25, 0.3) is 0 Å². The van der Waals surface area contributed by atoms with Crippen LogP contribution in [0.4, 0.5) is 0 Å². The first kappa shape index (κ1) is 16.3. The van der Waals surface area contributed by atoms with Gasteiger partial charge in [0, 0.05) is 38.8 Å². The van der Waals surface area contributed by atoms with Gasteiger partial charge in [-0.15, -0.1) is 0 Å². The number of piperidine rings is 1. The molecule has 126 valence electrons. The van der Waals surface area contributed by atoms with Gasteiger partial charge >= 0.3 is 0 Å². The van der Waals surface area contributed by atoms with E-state index in [1.807, 2.05) is 7.05 Å². The van der Waals surface area contributed by atoms with E-state index in [-0.39, 0.29) is 0 Å². The van der Waals surface area contributed by atoms with Crippen LogP contribution in [0.15, 0.2) is 35.3 Å². The Morgan fingerprint density at radius 3 is 2.65 bits per heavy atom. The fourth-order valence-electron chi connectivity index (χ4n) is 3.36. The topological polar surface area (TPSA) is 39.7 Å². The van der Waals surface area contributed by atoms with Gasteiger partial charge in [0.25, 0.3) is 0 Å². The first-order valence-electron chi connectivity index (χ1n) is 8.99. The maximum atomic E-state index is 4.37.